The number of amides is 1. The molecular weight excluding hydrogens is 216 g/mol. The van der Waals surface area contributed by atoms with Gasteiger partial charge in [-0.25, -0.2) is 0 Å². The van der Waals surface area contributed by atoms with Crippen molar-refractivity contribution in [3.63, 3.8) is 0 Å². The van der Waals surface area contributed by atoms with Crippen LogP contribution in [0.25, 0.3) is 0 Å². The quantitative estimate of drug-likeness (QED) is 0.794. The molecule has 0 saturated carbocycles. The minimum atomic E-state index is -0.0488. The first-order valence-corrected chi connectivity index (χ1v) is 5.88. The second-order valence-corrected chi connectivity index (χ2v) is 4.04. The molecule has 0 spiro atoms. The predicted molar refractivity (Wildman–Crippen MR) is 69.4 cm³/mol. The van der Waals surface area contributed by atoms with Gasteiger partial charge in [-0.1, -0.05) is 19.9 Å². The van der Waals surface area contributed by atoms with E-state index in [2.05, 4.69) is 10.6 Å². The molecule has 4 heteroatoms. The average molecular weight is 236 g/mol. The Morgan fingerprint density at radius 1 is 1.41 bits per heavy atom. The summed E-state index contributed by atoms with van der Waals surface area (Å²) in [5, 5.41) is 5.88. The van der Waals surface area contributed by atoms with Crippen molar-refractivity contribution in [1.29, 1.82) is 0 Å². The average Bonchev–Trinajstić information content (AvgIpc) is 2.27. The van der Waals surface area contributed by atoms with Gasteiger partial charge in [-0.2, -0.15) is 0 Å². The molecule has 0 bridgehead atoms. The van der Waals surface area contributed by atoms with E-state index >= 15 is 0 Å². The molecule has 0 radical (unpaired) electrons. The number of anilines is 1. The van der Waals surface area contributed by atoms with Gasteiger partial charge >= 0.3 is 0 Å². The van der Waals surface area contributed by atoms with Crippen molar-refractivity contribution < 1.29 is 9.53 Å². The Labute approximate surface area is 102 Å². The van der Waals surface area contributed by atoms with E-state index in [0.29, 0.717) is 19.2 Å². The van der Waals surface area contributed by atoms with E-state index in [-0.39, 0.29) is 5.91 Å². The first-order chi connectivity index (χ1) is 8.11. The molecule has 0 unspecified atom stereocenters. The summed E-state index contributed by atoms with van der Waals surface area (Å²) in [7, 11) is 0. The Hall–Kier alpha value is -1.55. The summed E-state index contributed by atoms with van der Waals surface area (Å²) in [5.74, 6) is 0.717. The van der Waals surface area contributed by atoms with Crippen LogP contribution in [0, 0.1) is 0 Å². The maximum atomic E-state index is 11.6. The molecule has 0 aliphatic heterocycles. The van der Waals surface area contributed by atoms with Crippen molar-refractivity contribution >= 4 is 11.6 Å². The maximum absolute atomic E-state index is 11.6. The van der Waals surface area contributed by atoms with Crippen LogP contribution >= 0.6 is 0 Å². The maximum Gasteiger partial charge on any atom is 0.238 e. The standard InChI is InChI=1S/C13H20N2O2/c1-4-17-12-7-5-6-11(8-12)15-13(16)9-14-10(2)3/h5-8,10,14H,4,9H2,1-3H3,(H,15,16). The molecule has 1 amide bonds. The molecule has 0 saturated heterocycles. The van der Waals surface area contributed by atoms with E-state index in [4.69, 9.17) is 4.74 Å². The van der Waals surface area contributed by atoms with Crippen LogP contribution in [-0.4, -0.2) is 25.1 Å². The number of carbonyl (C=O) groups is 1. The SMILES string of the molecule is CCOc1cccc(NC(=O)CNC(C)C)c1. The van der Waals surface area contributed by atoms with Crippen LogP contribution in [0.1, 0.15) is 20.8 Å². The Kier molecular flexibility index (Phi) is 5.49. The summed E-state index contributed by atoms with van der Waals surface area (Å²) >= 11 is 0. The van der Waals surface area contributed by atoms with Crippen molar-refractivity contribution in [3.8, 4) is 5.75 Å². The summed E-state index contributed by atoms with van der Waals surface area (Å²) in [6.45, 7) is 6.87. The normalized spacial score (nSPS) is 10.4. The van der Waals surface area contributed by atoms with Gasteiger partial charge in [0, 0.05) is 17.8 Å². The summed E-state index contributed by atoms with van der Waals surface area (Å²) < 4.78 is 5.36. The summed E-state index contributed by atoms with van der Waals surface area (Å²) in [5.41, 5.74) is 0.756. The van der Waals surface area contributed by atoms with Crippen LogP contribution in [0.4, 0.5) is 5.69 Å². The highest BCUT2D eigenvalue weighted by atomic mass is 16.5. The first kappa shape index (κ1) is 13.5. The third kappa shape index (κ3) is 5.36. The number of rotatable bonds is 6. The van der Waals surface area contributed by atoms with E-state index in [0.717, 1.165) is 11.4 Å². The molecule has 94 valence electrons. The zero-order valence-corrected chi connectivity index (χ0v) is 10.6. The fraction of sp³-hybridized carbons (Fsp3) is 0.462. The van der Waals surface area contributed by atoms with Crippen molar-refractivity contribution in [2.45, 2.75) is 26.8 Å². The second-order valence-electron chi connectivity index (χ2n) is 4.04. The molecule has 17 heavy (non-hydrogen) atoms. The van der Waals surface area contributed by atoms with E-state index in [1.807, 2.05) is 45.0 Å². The zero-order chi connectivity index (χ0) is 12.7. The first-order valence-electron chi connectivity index (χ1n) is 5.88. The lowest BCUT2D eigenvalue weighted by Gasteiger charge is -2.10. The molecule has 0 aliphatic rings. The minimum absolute atomic E-state index is 0.0488. The summed E-state index contributed by atoms with van der Waals surface area (Å²) in [6, 6.07) is 7.68. The van der Waals surface area contributed by atoms with E-state index in [1.54, 1.807) is 0 Å². The van der Waals surface area contributed by atoms with Crippen LogP contribution < -0.4 is 15.4 Å². The van der Waals surface area contributed by atoms with E-state index < -0.39 is 0 Å². The molecule has 0 atom stereocenters. The van der Waals surface area contributed by atoms with Crippen LogP contribution in [0.15, 0.2) is 24.3 Å². The van der Waals surface area contributed by atoms with Gasteiger partial charge in [-0.15, -0.1) is 0 Å². The third-order valence-electron chi connectivity index (χ3n) is 2.10. The van der Waals surface area contributed by atoms with Gasteiger partial charge in [-0.05, 0) is 19.1 Å². The summed E-state index contributed by atoms with van der Waals surface area (Å²) in [6.07, 6.45) is 0. The lowest BCUT2D eigenvalue weighted by molar-refractivity contribution is -0.115. The highest BCUT2D eigenvalue weighted by Gasteiger charge is 2.03. The second kappa shape index (κ2) is 6.91. The minimum Gasteiger partial charge on any atom is -0.494 e. The zero-order valence-electron chi connectivity index (χ0n) is 10.6. The largest absolute Gasteiger partial charge is 0.494 e. The molecule has 2 N–H and O–H groups in total. The van der Waals surface area contributed by atoms with Crippen molar-refractivity contribution in [2.24, 2.45) is 0 Å². The van der Waals surface area contributed by atoms with E-state index in [9.17, 15) is 4.79 Å². The Bertz CT molecular complexity index is 364. The van der Waals surface area contributed by atoms with Crippen molar-refractivity contribution in [2.75, 3.05) is 18.5 Å². The Morgan fingerprint density at radius 3 is 2.82 bits per heavy atom. The van der Waals surface area contributed by atoms with Gasteiger partial charge < -0.3 is 15.4 Å². The lowest BCUT2D eigenvalue weighted by atomic mass is 10.3. The van der Waals surface area contributed by atoms with Gasteiger partial charge in [0.2, 0.25) is 5.91 Å². The highest BCUT2D eigenvalue weighted by molar-refractivity contribution is 5.92. The van der Waals surface area contributed by atoms with Gasteiger partial charge in [0.25, 0.3) is 0 Å². The van der Waals surface area contributed by atoms with Gasteiger partial charge in [0.1, 0.15) is 5.75 Å². The van der Waals surface area contributed by atoms with Crippen LogP contribution in [0.5, 0.6) is 5.75 Å². The number of ether oxygens (including phenoxy) is 1. The molecule has 4 nitrogen and oxygen atoms in total. The molecule has 0 heterocycles. The smallest absolute Gasteiger partial charge is 0.238 e. The topological polar surface area (TPSA) is 50.4 Å². The van der Waals surface area contributed by atoms with E-state index in [1.165, 1.54) is 0 Å². The fourth-order valence-corrected chi connectivity index (χ4v) is 1.33. The highest BCUT2D eigenvalue weighted by Crippen LogP contribution is 2.16. The predicted octanol–water partition coefficient (Wildman–Crippen LogP) is 2.02. The third-order valence-corrected chi connectivity index (χ3v) is 2.10. The van der Waals surface area contributed by atoms with Crippen LogP contribution in [-0.2, 0) is 4.79 Å². The number of hydrogen-bond acceptors (Lipinski definition) is 3. The molecular formula is C13H20N2O2. The van der Waals surface area contributed by atoms with Crippen molar-refractivity contribution in [1.82, 2.24) is 5.32 Å². The Morgan fingerprint density at radius 2 is 2.18 bits per heavy atom. The number of nitrogens with one attached hydrogen (secondary N) is 2. The van der Waals surface area contributed by atoms with Gasteiger partial charge in [0.15, 0.2) is 0 Å². The monoisotopic (exact) mass is 236 g/mol. The fourth-order valence-electron chi connectivity index (χ4n) is 1.33. The van der Waals surface area contributed by atoms with Crippen LogP contribution in [0.3, 0.4) is 0 Å². The van der Waals surface area contributed by atoms with Gasteiger partial charge in [-0.3, -0.25) is 4.79 Å². The Balaban J connectivity index is 2.50. The van der Waals surface area contributed by atoms with Crippen molar-refractivity contribution in [3.05, 3.63) is 24.3 Å². The number of hydrogen-bond donors (Lipinski definition) is 2. The molecule has 0 aromatic heterocycles. The molecule has 1 aromatic carbocycles. The molecule has 0 aliphatic carbocycles. The van der Waals surface area contributed by atoms with Crippen LogP contribution in [0.2, 0.25) is 0 Å². The molecule has 1 rings (SSSR count). The molecule has 1 aromatic rings. The number of benzene rings is 1. The summed E-state index contributed by atoms with van der Waals surface area (Å²) in [4.78, 5) is 11.6. The molecule has 0 fully saturated rings. The lowest BCUT2D eigenvalue weighted by Crippen LogP contribution is -2.32. The van der Waals surface area contributed by atoms with Gasteiger partial charge in [0.05, 0.1) is 13.2 Å². The number of carbonyl (C=O) groups excluding carboxylic acids is 1.